The van der Waals surface area contributed by atoms with Crippen LogP contribution < -0.4 is 0 Å². The molecule has 0 aromatic rings. The Morgan fingerprint density at radius 3 is 2.52 bits per heavy atom. The number of rotatable bonds is 2. The first-order chi connectivity index (χ1) is 11.7. The van der Waals surface area contributed by atoms with Gasteiger partial charge in [-0.3, -0.25) is 9.59 Å². The van der Waals surface area contributed by atoms with Crippen LogP contribution in [0.1, 0.15) is 72.6 Å². The molecule has 4 aliphatic rings. The fourth-order valence-corrected chi connectivity index (χ4v) is 7.41. The quantitative estimate of drug-likeness (QED) is 0.539. The number of ketones is 1. The Kier molecular flexibility index (Phi) is 3.60. The van der Waals surface area contributed by atoms with Crippen LogP contribution in [0.15, 0.2) is 12.2 Å². The minimum atomic E-state index is -0.213. The molecular formula is C22H32O3. The summed E-state index contributed by atoms with van der Waals surface area (Å²) in [5.74, 6) is 1.30. The van der Waals surface area contributed by atoms with Gasteiger partial charge in [-0.1, -0.05) is 32.4 Å². The standard InChI is InChI=1S/C22H32O3/c1-15(23)25-14-20(3)8-5-9-21(4)16(20)7-11-22-13-12-19(2,18(22)24)10-6-17(21)22/h12-13,16-17H,5-11,14H2,1-4H3/t16-,17+,19-,20-,21-,22-/m1/s1. The number of carbonyl (C=O) groups is 2. The molecule has 0 N–H and O–H groups in total. The molecule has 25 heavy (non-hydrogen) atoms. The molecule has 138 valence electrons. The van der Waals surface area contributed by atoms with Gasteiger partial charge in [-0.15, -0.1) is 0 Å². The maximum atomic E-state index is 13.3. The average Bonchev–Trinajstić information content (AvgIpc) is 2.70. The second-order valence-corrected chi connectivity index (χ2v) is 10.1. The third kappa shape index (κ3) is 2.16. The lowest BCUT2D eigenvalue weighted by Crippen LogP contribution is -2.60. The van der Waals surface area contributed by atoms with Crippen molar-refractivity contribution >= 4 is 11.8 Å². The molecule has 0 amide bonds. The largest absolute Gasteiger partial charge is 0.465 e. The van der Waals surface area contributed by atoms with E-state index < -0.39 is 0 Å². The summed E-state index contributed by atoms with van der Waals surface area (Å²) in [7, 11) is 0. The van der Waals surface area contributed by atoms with Gasteiger partial charge in [-0.05, 0) is 62.7 Å². The molecule has 3 fully saturated rings. The molecule has 6 atom stereocenters. The predicted octanol–water partition coefficient (Wildman–Crippen LogP) is 4.70. The van der Waals surface area contributed by atoms with Gasteiger partial charge in [-0.25, -0.2) is 0 Å². The lowest BCUT2D eigenvalue weighted by atomic mass is 9.40. The van der Waals surface area contributed by atoms with E-state index in [1.165, 1.54) is 19.8 Å². The number of esters is 1. The molecule has 0 aliphatic heterocycles. The van der Waals surface area contributed by atoms with Gasteiger partial charge in [0.2, 0.25) is 0 Å². The molecule has 4 aliphatic carbocycles. The summed E-state index contributed by atoms with van der Waals surface area (Å²) in [4.78, 5) is 24.7. The van der Waals surface area contributed by atoms with Gasteiger partial charge in [0.25, 0.3) is 0 Å². The Bertz CT molecular complexity index is 652. The number of hydrogen-bond donors (Lipinski definition) is 0. The van der Waals surface area contributed by atoms with E-state index in [9.17, 15) is 9.59 Å². The number of carbonyl (C=O) groups excluding carboxylic acids is 2. The maximum absolute atomic E-state index is 13.3. The van der Waals surface area contributed by atoms with Crippen molar-refractivity contribution in [1.29, 1.82) is 0 Å². The zero-order valence-corrected chi connectivity index (χ0v) is 16.2. The van der Waals surface area contributed by atoms with E-state index in [1.807, 2.05) is 0 Å². The van der Waals surface area contributed by atoms with Crippen molar-refractivity contribution in [3.8, 4) is 0 Å². The van der Waals surface area contributed by atoms with Gasteiger partial charge in [-0.2, -0.15) is 0 Å². The van der Waals surface area contributed by atoms with Crippen molar-refractivity contribution in [2.24, 2.45) is 33.5 Å². The zero-order valence-electron chi connectivity index (χ0n) is 16.2. The molecule has 3 heteroatoms. The molecule has 0 aromatic heterocycles. The topological polar surface area (TPSA) is 43.4 Å². The summed E-state index contributed by atoms with van der Waals surface area (Å²) in [5, 5.41) is 0. The molecule has 0 saturated heterocycles. The highest BCUT2D eigenvalue weighted by Crippen LogP contribution is 2.70. The predicted molar refractivity (Wildman–Crippen MR) is 96.8 cm³/mol. The minimum absolute atomic E-state index is 0.0480. The van der Waals surface area contributed by atoms with Crippen LogP contribution in [0.2, 0.25) is 0 Å². The zero-order chi connectivity index (χ0) is 18.1. The van der Waals surface area contributed by atoms with Crippen LogP contribution in [0, 0.1) is 33.5 Å². The third-order valence-electron chi connectivity index (χ3n) is 8.61. The van der Waals surface area contributed by atoms with Gasteiger partial charge < -0.3 is 4.74 Å². The minimum Gasteiger partial charge on any atom is -0.465 e. The van der Waals surface area contributed by atoms with Gasteiger partial charge in [0.05, 0.1) is 12.0 Å². The summed E-state index contributed by atoms with van der Waals surface area (Å²) in [6.45, 7) is 8.93. The molecule has 0 aromatic carbocycles. The summed E-state index contributed by atoms with van der Waals surface area (Å²) in [5.41, 5.74) is -0.198. The van der Waals surface area contributed by atoms with E-state index in [2.05, 4.69) is 32.9 Å². The molecular weight excluding hydrogens is 312 g/mol. The summed E-state index contributed by atoms with van der Waals surface area (Å²) in [6, 6.07) is 0. The van der Waals surface area contributed by atoms with Gasteiger partial charge in [0, 0.05) is 17.8 Å². The fourth-order valence-electron chi connectivity index (χ4n) is 7.41. The number of hydrogen-bond acceptors (Lipinski definition) is 3. The first kappa shape index (κ1) is 17.3. The van der Waals surface area contributed by atoms with E-state index in [0.29, 0.717) is 24.2 Å². The van der Waals surface area contributed by atoms with E-state index in [4.69, 9.17) is 4.74 Å². The molecule has 0 radical (unpaired) electrons. The highest BCUT2D eigenvalue weighted by atomic mass is 16.5. The van der Waals surface area contributed by atoms with Gasteiger partial charge in [0.1, 0.15) is 0 Å². The molecule has 0 unspecified atom stereocenters. The van der Waals surface area contributed by atoms with E-state index in [-0.39, 0.29) is 27.6 Å². The lowest BCUT2D eigenvalue weighted by Gasteiger charge is -2.63. The molecule has 1 spiro atoms. The number of fused-ring (bicyclic) bond motifs is 3. The average molecular weight is 344 g/mol. The SMILES string of the molecule is CC(=O)OC[C@@]1(C)CCC[C@]2(C)[C@@H]1CC[C@@]13C=C[C@@](C)(CC[C@@H]21)C3=O. The van der Waals surface area contributed by atoms with Crippen molar-refractivity contribution in [3.63, 3.8) is 0 Å². The van der Waals surface area contributed by atoms with Gasteiger partial charge >= 0.3 is 5.97 Å². The second kappa shape index (κ2) is 5.20. The monoisotopic (exact) mass is 344 g/mol. The van der Waals surface area contributed by atoms with Crippen LogP contribution in [0.25, 0.3) is 0 Å². The van der Waals surface area contributed by atoms with Crippen LogP contribution in [0.4, 0.5) is 0 Å². The van der Waals surface area contributed by atoms with Crippen molar-refractivity contribution in [1.82, 2.24) is 0 Å². The summed E-state index contributed by atoms with van der Waals surface area (Å²) < 4.78 is 5.49. The van der Waals surface area contributed by atoms with Crippen LogP contribution in [0.5, 0.6) is 0 Å². The smallest absolute Gasteiger partial charge is 0.302 e. The third-order valence-corrected chi connectivity index (χ3v) is 8.61. The first-order valence-electron chi connectivity index (χ1n) is 10.1. The maximum Gasteiger partial charge on any atom is 0.302 e. The molecule has 3 nitrogen and oxygen atoms in total. The van der Waals surface area contributed by atoms with Crippen LogP contribution in [-0.2, 0) is 14.3 Å². The van der Waals surface area contributed by atoms with E-state index >= 15 is 0 Å². The molecule has 0 heterocycles. The Hall–Kier alpha value is -1.12. The highest BCUT2D eigenvalue weighted by Gasteiger charge is 2.67. The lowest BCUT2D eigenvalue weighted by molar-refractivity contribution is -0.176. The van der Waals surface area contributed by atoms with Crippen LogP contribution >= 0.6 is 0 Å². The highest BCUT2D eigenvalue weighted by molar-refractivity contribution is 5.97. The number of Topliss-reactive ketones (excluding diaryl/α,β-unsaturated/α-hetero) is 1. The van der Waals surface area contributed by atoms with E-state index in [1.54, 1.807) is 0 Å². The van der Waals surface area contributed by atoms with Crippen molar-refractivity contribution in [2.75, 3.05) is 6.61 Å². The number of allylic oxidation sites excluding steroid dienone is 2. The van der Waals surface area contributed by atoms with Crippen LogP contribution in [0.3, 0.4) is 0 Å². The fraction of sp³-hybridized carbons (Fsp3) is 0.818. The Morgan fingerprint density at radius 2 is 1.80 bits per heavy atom. The summed E-state index contributed by atoms with van der Waals surface area (Å²) in [6.07, 6.45) is 12.2. The Labute approximate surface area is 151 Å². The molecule has 4 rings (SSSR count). The first-order valence-corrected chi connectivity index (χ1v) is 10.1. The Morgan fingerprint density at radius 1 is 1.08 bits per heavy atom. The van der Waals surface area contributed by atoms with Crippen molar-refractivity contribution in [2.45, 2.75) is 72.6 Å². The Balaban J connectivity index is 1.69. The second-order valence-electron chi connectivity index (χ2n) is 10.1. The van der Waals surface area contributed by atoms with Gasteiger partial charge in [0.15, 0.2) is 5.78 Å². The molecule has 3 saturated carbocycles. The van der Waals surface area contributed by atoms with Crippen molar-refractivity contribution < 1.29 is 14.3 Å². The number of ether oxygens (including phenoxy) is 1. The molecule has 2 bridgehead atoms. The normalized spacial score (nSPS) is 51.0. The van der Waals surface area contributed by atoms with Crippen molar-refractivity contribution in [3.05, 3.63) is 12.2 Å². The summed E-state index contributed by atoms with van der Waals surface area (Å²) >= 11 is 0. The van der Waals surface area contributed by atoms with E-state index in [0.717, 1.165) is 32.1 Å². The van der Waals surface area contributed by atoms with Crippen LogP contribution in [-0.4, -0.2) is 18.4 Å².